The van der Waals surface area contributed by atoms with Gasteiger partial charge in [0.15, 0.2) is 0 Å². The molecule has 0 aromatic carbocycles. The van der Waals surface area contributed by atoms with E-state index < -0.39 is 10.8 Å². The van der Waals surface area contributed by atoms with Crippen LogP contribution >= 0.6 is 11.3 Å². The average Bonchev–Trinajstić information content (AvgIpc) is 3.53. The molecule has 1 aliphatic heterocycles. The summed E-state index contributed by atoms with van der Waals surface area (Å²) in [4.78, 5) is 3.66. The molecule has 3 rings (SSSR count). The summed E-state index contributed by atoms with van der Waals surface area (Å²) in [5, 5.41) is 34.3. The van der Waals surface area contributed by atoms with E-state index in [2.05, 4.69) is 65.9 Å². The predicted molar refractivity (Wildman–Crippen MR) is 133 cm³/mol. The molecule has 1 aromatic rings. The van der Waals surface area contributed by atoms with Gasteiger partial charge < -0.3 is 10.2 Å². The normalized spacial score (nSPS) is 24.6. The molecule has 2 heterocycles. The van der Waals surface area contributed by atoms with E-state index in [1.165, 1.54) is 10.5 Å². The van der Waals surface area contributed by atoms with E-state index in [0.29, 0.717) is 18.9 Å². The van der Waals surface area contributed by atoms with Crippen molar-refractivity contribution in [1.29, 1.82) is 15.8 Å². The van der Waals surface area contributed by atoms with Crippen LogP contribution in [0.25, 0.3) is 0 Å². The molecule has 5 nitrogen and oxygen atoms in total. The molecule has 6 heteroatoms. The second-order valence-electron chi connectivity index (χ2n) is 9.70. The number of hydrogen-bond donors (Lipinski definition) is 1. The van der Waals surface area contributed by atoms with Crippen LogP contribution in [0.1, 0.15) is 50.8 Å². The minimum absolute atomic E-state index is 0.272. The van der Waals surface area contributed by atoms with Gasteiger partial charge in [0, 0.05) is 30.9 Å². The summed E-state index contributed by atoms with van der Waals surface area (Å²) < 4.78 is 0. The van der Waals surface area contributed by atoms with Crippen molar-refractivity contribution in [3.63, 3.8) is 0 Å². The Morgan fingerprint density at radius 2 is 2.18 bits per heavy atom. The third-order valence-electron chi connectivity index (χ3n) is 7.41. The van der Waals surface area contributed by atoms with Crippen LogP contribution in [-0.2, 0) is 5.41 Å². The number of rotatable bonds is 11. The molecule has 1 N–H and O–H groups in total. The first kappa shape index (κ1) is 25.2. The Kier molecular flexibility index (Phi) is 8.87. The van der Waals surface area contributed by atoms with Crippen LogP contribution in [0.4, 0.5) is 0 Å². The van der Waals surface area contributed by atoms with Crippen molar-refractivity contribution in [2.45, 2.75) is 51.4 Å². The number of nitrogens with one attached hydrogen (secondary N) is 1. The van der Waals surface area contributed by atoms with Crippen molar-refractivity contribution in [1.82, 2.24) is 10.2 Å². The zero-order valence-corrected chi connectivity index (χ0v) is 20.7. The Morgan fingerprint density at radius 3 is 2.85 bits per heavy atom. The van der Waals surface area contributed by atoms with Crippen LogP contribution in [0.5, 0.6) is 0 Å². The van der Waals surface area contributed by atoms with E-state index in [4.69, 9.17) is 5.26 Å². The monoisotopic (exact) mass is 461 g/mol. The minimum Gasteiger partial charge on any atom is -0.312 e. The second-order valence-corrected chi connectivity index (χ2v) is 10.7. The Hall–Kier alpha value is -2.43. The van der Waals surface area contributed by atoms with Crippen molar-refractivity contribution in [3.05, 3.63) is 46.2 Å². The minimum atomic E-state index is -0.443. The van der Waals surface area contributed by atoms with E-state index in [0.717, 1.165) is 51.9 Å². The van der Waals surface area contributed by atoms with Gasteiger partial charge in [-0.1, -0.05) is 43.7 Å². The third-order valence-corrected chi connectivity index (χ3v) is 8.46. The van der Waals surface area contributed by atoms with Crippen LogP contribution in [0.2, 0.25) is 0 Å². The molecule has 0 spiro atoms. The predicted octanol–water partition coefficient (Wildman–Crippen LogP) is 5.17. The molecule has 1 aliphatic carbocycles. The summed E-state index contributed by atoms with van der Waals surface area (Å²) in [5.41, 5.74) is 0.383. The lowest BCUT2D eigenvalue weighted by molar-refractivity contribution is 0.255. The highest BCUT2D eigenvalue weighted by molar-refractivity contribution is 7.10. The molecule has 33 heavy (non-hydrogen) atoms. The van der Waals surface area contributed by atoms with Crippen molar-refractivity contribution in [3.8, 4) is 18.2 Å². The summed E-state index contributed by atoms with van der Waals surface area (Å²) >= 11 is 1.69. The van der Waals surface area contributed by atoms with Gasteiger partial charge in [0.1, 0.15) is 0 Å². The number of hydrogen-bond acceptors (Lipinski definition) is 6. The van der Waals surface area contributed by atoms with Crippen molar-refractivity contribution in [2.75, 3.05) is 32.7 Å². The zero-order chi connectivity index (χ0) is 23.7. The number of thiophene rings is 1. The summed E-state index contributed by atoms with van der Waals surface area (Å²) in [6.07, 6.45) is 10.4. The first-order valence-corrected chi connectivity index (χ1v) is 12.9. The molecular formula is C27H35N5S. The molecule has 0 amide bonds. The second kappa shape index (κ2) is 11.6. The maximum absolute atomic E-state index is 10.2. The van der Waals surface area contributed by atoms with E-state index in [9.17, 15) is 10.5 Å². The molecule has 0 radical (unpaired) electrons. The topological polar surface area (TPSA) is 86.6 Å². The summed E-state index contributed by atoms with van der Waals surface area (Å²) in [6, 6.07) is 11.6. The first-order chi connectivity index (χ1) is 16.0. The van der Waals surface area contributed by atoms with Crippen LogP contribution in [-0.4, -0.2) is 37.6 Å². The molecule has 1 saturated heterocycles. The summed E-state index contributed by atoms with van der Waals surface area (Å²) in [7, 11) is 0. The molecule has 2 unspecified atom stereocenters. The lowest BCUT2D eigenvalue weighted by Crippen LogP contribution is -2.34. The summed E-state index contributed by atoms with van der Waals surface area (Å²) in [6.45, 7) is 8.65. The molecule has 0 bridgehead atoms. The highest BCUT2D eigenvalue weighted by atomic mass is 32.1. The van der Waals surface area contributed by atoms with Crippen LogP contribution < -0.4 is 5.32 Å². The quantitative estimate of drug-likeness (QED) is 0.460. The van der Waals surface area contributed by atoms with Crippen LogP contribution in [0.3, 0.4) is 0 Å². The fourth-order valence-corrected chi connectivity index (χ4v) is 6.37. The smallest absolute Gasteiger partial charge is 0.0937 e. The van der Waals surface area contributed by atoms with Gasteiger partial charge in [0.25, 0.3) is 0 Å². The van der Waals surface area contributed by atoms with E-state index in [1.54, 1.807) is 11.3 Å². The van der Waals surface area contributed by atoms with Crippen molar-refractivity contribution in [2.24, 2.45) is 17.3 Å². The van der Waals surface area contributed by atoms with Gasteiger partial charge in [0.05, 0.1) is 29.0 Å². The molecule has 2 aliphatic rings. The van der Waals surface area contributed by atoms with Gasteiger partial charge in [-0.15, -0.1) is 11.3 Å². The Bertz CT molecular complexity index is 958. The zero-order valence-electron chi connectivity index (χ0n) is 19.9. The first-order valence-electron chi connectivity index (χ1n) is 12.0. The lowest BCUT2D eigenvalue weighted by Gasteiger charge is -2.33. The van der Waals surface area contributed by atoms with Crippen molar-refractivity contribution >= 4 is 11.3 Å². The lowest BCUT2D eigenvalue weighted by atomic mass is 9.69. The average molecular weight is 462 g/mol. The maximum Gasteiger partial charge on any atom is 0.0937 e. The SMILES string of the molecule is CC(C)C(C#N)(CCCN1CC[C@H](C2(C#N)C=CC=C(CNCCC#N)C2)C1)c1cccs1. The highest BCUT2D eigenvalue weighted by Crippen LogP contribution is 2.43. The molecule has 1 fully saturated rings. The van der Waals surface area contributed by atoms with Gasteiger partial charge in [-0.05, 0) is 62.1 Å². The Morgan fingerprint density at radius 1 is 1.33 bits per heavy atom. The molecule has 0 saturated carbocycles. The van der Waals surface area contributed by atoms with Gasteiger partial charge in [-0.25, -0.2) is 0 Å². The van der Waals surface area contributed by atoms with Gasteiger partial charge >= 0.3 is 0 Å². The van der Waals surface area contributed by atoms with E-state index >= 15 is 0 Å². The Balaban J connectivity index is 1.55. The fraction of sp³-hybridized carbons (Fsp3) is 0.593. The molecule has 1 aromatic heterocycles. The third kappa shape index (κ3) is 5.74. The van der Waals surface area contributed by atoms with E-state index in [1.807, 2.05) is 12.1 Å². The standard InChI is InChI=1S/C27H35N5S/c1-22(2)27(21-30,25-8-4-16-33-25)11-5-14-32-15-9-24(19-32)26(20-29)10-3-7-23(17-26)18-31-13-6-12-28/h3-4,7-8,10,16,22,24,31H,5-6,9,11,13-15,17-19H2,1-2H3/t24-,26?,27?/m0/s1. The number of nitriles is 3. The van der Waals surface area contributed by atoms with Crippen molar-refractivity contribution < 1.29 is 0 Å². The number of nitrogens with zero attached hydrogens (tertiary/aromatic N) is 4. The molecule has 3 atom stereocenters. The van der Waals surface area contributed by atoms with E-state index in [-0.39, 0.29) is 5.92 Å². The number of likely N-dealkylation sites (tertiary alicyclic amines) is 1. The molecule has 174 valence electrons. The van der Waals surface area contributed by atoms with Gasteiger partial charge in [-0.2, -0.15) is 15.8 Å². The Labute approximate surface area is 203 Å². The fourth-order valence-electron chi connectivity index (χ4n) is 5.32. The van der Waals surface area contributed by atoms with Crippen LogP contribution in [0.15, 0.2) is 41.3 Å². The van der Waals surface area contributed by atoms with Gasteiger partial charge in [-0.3, -0.25) is 0 Å². The molecular weight excluding hydrogens is 426 g/mol. The summed E-state index contributed by atoms with van der Waals surface area (Å²) in [5.74, 6) is 0.596. The van der Waals surface area contributed by atoms with Crippen LogP contribution in [0, 0.1) is 51.2 Å². The largest absolute Gasteiger partial charge is 0.312 e. The maximum atomic E-state index is 10.2. The highest BCUT2D eigenvalue weighted by Gasteiger charge is 2.42. The number of allylic oxidation sites excluding steroid dienone is 3. The van der Waals surface area contributed by atoms with Gasteiger partial charge in [0.2, 0.25) is 0 Å².